The fourth-order valence-electron chi connectivity index (χ4n) is 0.928. The largest absolute Gasteiger partial charge is 0.142 e. The summed E-state index contributed by atoms with van der Waals surface area (Å²) < 4.78 is 6.15. The van der Waals surface area contributed by atoms with Crippen molar-refractivity contribution in [2.24, 2.45) is 0 Å². The van der Waals surface area contributed by atoms with Gasteiger partial charge in [0.15, 0.2) is 0 Å². The van der Waals surface area contributed by atoms with E-state index in [-0.39, 0.29) is 0 Å². The van der Waals surface area contributed by atoms with E-state index < -0.39 is 0 Å². The summed E-state index contributed by atoms with van der Waals surface area (Å²) in [6, 6.07) is 8.22. The van der Waals surface area contributed by atoms with Gasteiger partial charge in [-0.2, -0.15) is 0 Å². The van der Waals surface area contributed by atoms with E-state index in [4.69, 9.17) is 0 Å². The molecule has 0 amide bonds. The van der Waals surface area contributed by atoms with Crippen molar-refractivity contribution in [1.82, 2.24) is 9.59 Å². The van der Waals surface area contributed by atoms with E-state index >= 15 is 0 Å². The maximum Gasteiger partial charge on any atom is 0.109 e. The Balaban J connectivity index is 2.19. The lowest BCUT2D eigenvalue weighted by Gasteiger charge is -1.98. The second-order valence-corrected chi connectivity index (χ2v) is 5.71. The van der Waals surface area contributed by atoms with E-state index in [2.05, 4.69) is 37.6 Å². The van der Waals surface area contributed by atoms with Crippen LogP contribution in [0.4, 0.5) is 0 Å². The first-order chi connectivity index (χ1) is 6.75. The normalized spacial score (nSPS) is 10.4. The molecule has 2 nitrogen and oxygen atoms in total. The molecule has 5 heteroatoms. The van der Waals surface area contributed by atoms with Gasteiger partial charge in [-0.25, -0.2) is 0 Å². The topological polar surface area (TPSA) is 25.8 Å². The second kappa shape index (κ2) is 4.42. The minimum Gasteiger partial charge on any atom is -0.142 e. The van der Waals surface area contributed by atoms with Crippen LogP contribution in [0.15, 0.2) is 37.8 Å². The summed E-state index contributed by atoms with van der Waals surface area (Å²) in [6.45, 7) is 1.98. The molecule has 2 rings (SSSR count). The van der Waals surface area contributed by atoms with E-state index in [1.807, 2.05) is 19.1 Å². The Morgan fingerprint density at radius 3 is 2.57 bits per heavy atom. The number of rotatable bonds is 2. The van der Waals surface area contributed by atoms with E-state index in [1.54, 1.807) is 11.8 Å². The Labute approximate surface area is 99.0 Å². The van der Waals surface area contributed by atoms with Gasteiger partial charge in [0, 0.05) is 9.37 Å². The van der Waals surface area contributed by atoms with Gasteiger partial charge in [0.05, 0.1) is 5.69 Å². The number of nitrogens with zero attached hydrogens (tertiary/aromatic N) is 2. The highest BCUT2D eigenvalue weighted by Gasteiger charge is 2.04. The summed E-state index contributed by atoms with van der Waals surface area (Å²) in [5.74, 6) is 0. The fraction of sp³-hybridized carbons (Fsp3) is 0.111. The minimum atomic E-state index is 1.00. The third kappa shape index (κ3) is 2.34. The molecule has 1 heterocycles. The molecule has 14 heavy (non-hydrogen) atoms. The van der Waals surface area contributed by atoms with Crippen molar-refractivity contribution in [3.8, 4) is 0 Å². The highest BCUT2D eigenvalue weighted by Crippen LogP contribution is 2.32. The summed E-state index contributed by atoms with van der Waals surface area (Å²) in [6.07, 6.45) is 0. The average molecular weight is 287 g/mol. The van der Waals surface area contributed by atoms with Crippen LogP contribution in [0, 0.1) is 6.92 Å². The van der Waals surface area contributed by atoms with Gasteiger partial charge < -0.3 is 0 Å². The zero-order chi connectivity index (χ0) is 9.97. The smallest absolute Gasteiger partial charge is 0.109 e. The summed E-state index contributed by atoms with van der Waals surface area (Å²) >= 11 is 6.55. The van der Waals surface area contributed by atoms with Gasteiger partial charge in [-0.05, 0) is 42.7 Å². The number of aryl methyl sites for hydroxylation is 1. The van der Waals surface area contributed by atoms with Gasteiger partial charge in [-0.1, -0.05) is 32.2 Å². The molecule has 0 atom stereocenters. The number of hydrogen-bond acceptors (Lipinski definition) is 4. The summed E-state index contributed by atoms with van der Waals surface area (Å²) in [4.78, 5) is 1.21. The van der Waals surface area contributed by atoms with Crippen molar-refractivity contribution in [3.63, 3.8) is 0 Å². The highest BCUT2D eigenvalue weighted by atomic mass is 79.9. The molecule has 0 saturated heterocycles. The van der Waals surface area contributed by atoms with Crippen LogP contribution in [-0.2, 0) is 0 Å². The monoisotopic (exact) mass is 286 g/mol. The summed E-state index contributed by atoms with van der Waals surface area (Å²) in [5, 5.41) is 3.97. The first-order valence-corrected chi connectivity index (χ1v) is 6.36. The zero-order valence-corrected chi connectivity index (χ0v) is 10.6. The SMILES string of the molecule is Cc1nnsc1Sc1ccc(Br)cc1. The third-order valence-electron chi connectivity index (χ3n) is 1.63. The number of halogens is 1. The quantitative estimate of drug-likeness (QED) is 0.841. The first kappa shape index (κ1) is 10.1. The fourth-order valence-corrected chi connectivity index (χ4v) is 2.82. The number of benzene rings is 1. The summed E-state index contributed by atoms with van der Waals surface area (Å²) in [7, 11) is 0. The molecule has 1 aromatic heterocycles. The Morgan fingerprint density at radius 1 is 1.29 bits per heavy atom. The molecule has 0 aliphatic carbocycles. The maximum atomic E-state index is 3.97. The van der Waals surface area contributed by atoms with Crippen LogP contribution in [0.2, 0.25) is 0 Å². The Morgan fingerprint density at radius 2 is 2.00 bits per heavy atom. The molecular formula is C9H7BrN2S2. The minimum absolute atomic E-state index is 1.00. The molecule has 0 fully saturated rings. The molecule has 0 N–H and O–H groups in total. The van der Waals surface area contributed by atoms with Crippen LogP contribution in [0.3, 0.4) is 0 Å². The zero-order valence-electron chi connectivity index (χ0n) is 7.40. The summed E-state index contributed by atoms with van der Waals surface area (Å²) in [5.41, 5.74) is 1.00. The highest BCUT2D eigenvalue weighted by molar-refractivity contribution is 9.10. The van der Waals surface area contributed by atoms with Gasteiger partial charge in [-0.3, -0.25) is 0 Å². The lowest BCUT2D eigenvalue weighted by molar-refractivity contribution is 1.07. The van der Waals surface area contributed by atoms with Gasteiger partial charge in [0.25, 0.3) is 0 Å². The average Bonchev–Trinajstić information content (AvgIpc) is 2.56. The standard InChI is InChI=1S/C9H7BrN2S2/c1-6-9(14-12-11-6)13-8-4-2-7(10)3-5-8/h2-5H,1H3. The molecular weight excluding hydrogens is 280 g/mol. The predicted octanol–water partition coefficient (Wildman–Crippen LogP) is 3.76. The van der Waals surface area contributed by atoms with E-state index in [0.29, 0.717) is 0 Å². The molecule has 0 aliphatic rings. The van der Waals surface area contributed by atoms with Gasteiger partial charge in [0.2, 0.25) is 0 Å². The van der Waals surface area contributed by atoms with Crippen LogP contribution >= 0.6 is 39.2 Å². The van der Waals surface area contributed by atoms with E-state index in [0.717, 1.165) is 14.4 Å². The Kier molecular flexibility index (Phi) is 3.20. The van der Waals surface area contributed by atoms with Crippen molar-refractivity contribution in [2.45, 2.75) is 16.0 Å². The van der Waals surface area contributed by atoms with E-state index in [9.17, 15) is 0 Å². The van der Waals surface area contributed by atoms with Crippen LogP contribution in [0.1, 0.15) is 5.69 Å². The van der Waals surface area contributed by atoms with E-state index in [1.165, 1.54) is 16.4 Å². The molecule has 0 spiro atoms. The van der Waals surface area contributed by atoms with Crippen molar-refractivity contribution >= 4 is 39.2 Å². The van der Waals surface area contributed by atoms with Gasteiger partial charge in [0.1, 0.15) is 4.21 Å². The molecule has 0 saturated carbocycles. The Hall–Kier alpha value is -0.390. The van der Waals surface area contributed by atoms with Crippen LogP contribution in [-0.4, -0.2) is 9.59 Å². The maximum absolute atomic E-state index is 3.97. The van der Waals surface area contributed by atoms with Gasteiger partial charge in [-0.15, -0.1) is 5.10 Å². The number of hydrogen-bond donors (Lipinski definition) is 0. The molecule has 0 radical (unpaired) electrons. The van der Waals surface area contributed by atoms with Crippen LogP contribution < -0.4 is 0 Å². The van der Waals surface area contributed by atoms with Crippen LogP contribution in [0.5, 0.6) is 0 Å². The molecule has 0 unspecified atom stereocenters. The first-order valence-electron chi connectivity index (χ1n) is 3.98. The molecule has 2 aromatic rings. The van der Waals surface area contributed by atoms with Crippen molar-refractivity contribution < 1.29 is 0 Å². The number of aromatic nitrogens is 2. The van der Waals surface area contributed by atoms with Crippen molar-refractivity contribution in [2.75, 3.05) is 0 Å². The molecule has 0 bridgehead atoms. The molecule has 1 aromatic carbocycles. The molecule has 0 aliphatic heterocycles. The van der Waals surface area contributed by atoms with Gasteiger partial charge >= 0.3 is 0 Å². The second-order valence-electron chi connectivity index (χ2n) is 2.70. The van der Waals surface area contributed by atoms with Crippen molar-refractivity contribution in [1.29, 1.82) is 0 Å². The lowest BCUT2D eigenvalue weighted by atomic mass is 10.4. The van der Waals surface area contributed by atoms with Crippen LogP contribution in [0.25, 0.3) is 0 Å². The van der Waals surface area contributed by atoms with Crippen molar-refractivity contribution in [3.05, 3.63) is 34.4 Å². The molecule has 72 valence electrons. The third-order valence-corrected chi connectivity index (χ3v) is 4.25. The lowest BCUT2D eigenvalue weighted by Crippen LogP contribution is -1.74. The predicted molar refractivity (Wildman–Crippen MR) is 62.9 cm³/mol. The Bertz CT molecular complexity index is 425.